The van der Waals surface area contributed by atoms with E-state index >= 15 is 0 Å². The summed E-state index contributed by atoms with van der Waals surface area (Å²) in [7, 11) is -3.88. The van der Waals surface area contributed by atoms with E-state index in [0.717, 1.165) is 16.7 Å². The Balaban J connectivity index is 1.63. The Hall–Kier alpha value is -2.55. The molecule has 0 radical (unpaired) electrons. The number of halogens is 1. The summed E-state index contributed by atoms with van der Waals surface area (Å²) in [4.78, 5) is 15.2. The summed E-state index contributed by atoms with van der Waals surface area (Å²) < 4.78 is 40.6. The lowest BCUT2D eigenvalue weighted by atomic mass is 10.2. The second kappa shape index (κ2) is 9.30. The third-order valence-electron chi connectivity index (χ3n) is 4.97. The van der Waals surface area contributed by atoms with Crippen LogP contribution >= 0.6 is 0 Å². The number of quaternary nitrogens is 1. The van der Waals surface area contributed by atoms with Gasteiger partial charge < -0.3 is 9.80 Å². The van der Waals surface area contributed by atoms with Crippen LogP contribution in [0, 0.1) is 5.82 Å². The highest BCUT2D eigenvalue weighted by atomic mass is 32.2. The molecule has 0 unspecified atom stereocenters. The first-order valence-corrected chi connectivity index (χ1v) is 10.9. The van der Waals surface area contributed by atoms with Gasteiger partial charge in [-0.05, 0) is 24.3 Å². The summed E-state index contributed by atoms with van der Waals surface area (Å²) in [6.45, 7) is 5.84. The second-order valence-corrected chi connectivity index (χ2v) is 8.80. The van der Waals surface area contributed by atoms with Crippen molar-refractivity contribution in [3.8, 4) is 0 Å². The monoisotopic (exact) mass is 418 g/mol. The Kier molecular flexibility index (Phi) is 6.79. The summed E-state index contributed by atoms with van der Waals surface area (Å²) in [6, 6.07) is 14.8. The summed E-state index contributed by atoms with van der Waals surface area (Å²) in [5.74, 6) is -0.795. The van der Waals surface area contributed by atoms with Gasteiger partial charge in [-0.15, -0.1) is 6.58 Å². The fourth-order valence-corrected chi connectivity index (χ4v) is 4.92. The van der Waals surface area contributed by atoms with E-state index < -0.39 is 15.8 Å². The molecule has 1 aliphatic heterocycles. The van der Waals surface area contributed by atoms with Crippen LogP contribution in [-0.2, 0) is 14.8 Å². The summed E-state index contributed by atoms with van der Waals surface area (Å²) in [6.07, 6.45) is 1.68. The number of nitrogens with one attached hydrogen (secondary N) is 1. The lowest BCUT2D eigenvalue weighted by Gasteiger charge is -2.32. The van der Waals surface area contributed by atoms with E-state index in [-0.39, 0.29) is 30.4 Å². The molecule has 2 aromatic carbocycles. The summed E-state index contributed by atoms with van der Waals surface area (Å²) >= 11 is 0. The van der Waals surface area contributed by atoms with Gasteiger partial charge >= 0.3 is 0 Å². The number of amides is 1. The second-order valence-electron chi connectivity index (χ2n) is 6.89. The Labute approximate surface area is 170 Å². The van der Waals surface area contributed by atoms with E-state index in [9.17, 15) is 17.6 Å². The number of nitrogens with zero attached hydrogens (tertiary/aromatic N) is 2. The number of carbonyl (C=O) groups excluding carboxylic acids is 1. The predicted molar refractivity (Wildman–Crippen MR) is 110 cm³/mol. The summed E-state index contributed by atoms with van der Waals surface area (Å²) in [5, 5.41) is 0. The minimum Gasteiger partial charge on any atom is -0.325 e. The molecule has 8 heteroatoms. The molecule has 1 heterocycles. The highest BCUT2D eigenvalue weighted by Gasteiger charge is 2.33. The molecule has 0 bridgehead atoms. The standard InChI is InChI=1S/C21H24FN3O3S/c1-2-12-25(18-8-4-3-5-9-18)21(26)17-23-13-15-24(16-14-23)29(27,28)20-11-7-6-10-19(20)22/h2-11H,1,12-17H2/p+1. The molecule has 0 atom stereocenters. The van der Waals surface area contributed by atoms with Crippen molar-refractivity contribution >= 4 is 21.6 Å². The van der Waals surface area contributed by atoms with Gasteiger partial charge in [0.1, 0.15) is 10.7 Å². The van der Waals surface area contributed by atoms with E-state index in [2.05, 4.69) is 6.58 Å². The normalized spacial score (nSPS) is 15.8. The van der Waals surface area contributed by atoms with Crippen LogP contribution in [0.25, 0.3) is 0 Å². The van der Waals surface area contributed by atoms with Gasteiger partial charge in [-0.3, -0.25) is 4.79 Å². The smallest absolute Gasteiger partial charge is 0.282 e. The van der Waals surface area contributed by atoms with E-state index in [1.54, 1.807) is 11.0 Å². The fraction of sp³-hybridized carbons (Fsp3) is 0.286. The molecular weight excluding hydrogens is 393 g/mol. The van der Waals surface area contributed by atoms with Crippen molar-refractivity contribution in [1.82, 2.24) is 4.31 Å². The van der Waals surface area contributed by atoms with Crippen molar-refractivity contribution < 1.29 is 22.5 Å². The number of rotatable bonds is 7. The SMILES string of the molecule is C=CCN(C(=O)C[NH+]1CCN(S(=O)(=O)c2ccccc2F)CC1)c1ccccc1. The first kappa shape index (κ1) is 21.2. The molecule has 0 aliphatic carbocycles. The molecule has 2 aromatic rings. The van der Waals surface area contributed by atoms with Crippen LogP contribution in [0.15, 0.2) is 72.1 Å². The van der Waals surface area contributed by atoms with Crippen molar-refractivity contribution in [2.24, 2.45) is 0 Å². The fourth-order valence-electron chi connectivity index (χ4n) is 3.41. The third kappa shape index (κ3) is 4.90. The quantitative estimate of drug-likeness (QED) is 0.681. The van der Waals surface area contributed by atoms with Gasteiger partial charge in [-0.1, -0.05) is 36.4 Å². The lowest BCUT2D eigenvalue weighted by molar-refractivity contribution is -0.895. The Morgan fingerprint density at radius 2 is 1.72 bits per heavy atom. The van der Waals surface area contributed by atoms with Gasteiger partial charge in [0.15, 0.2) is 6.54 Å². The zero-order valence-electron chi connectivity index (χ0n) is 16.1. The number of anilines is 1. The molecule has 154 valence electrons. The molecule has 1 fully saturated rings. The van der Waals surface area contributed by atoms with Crippen LogP contribution in [0.3, 0.4) is 0 Å². The number of para-hydroxylation sites is 1. The Bertz CT molecular complexity index is 958. The van der Waals surface area contributed by atoms with Gasteiger partial charge in [-0.25, -0.2) is 12.8 Å². The zero-order chi connectivity index (χ0) is 20.9. The number of benzene rings is 2. The summed E-state index contributed by atoms with van der Waals surface area (Å²) in [5.41, 5.74) is 0.803. The molecule has 0 aromatic heterocycles. The van der Waals surface area contributed by atoms with Crippen molar-refractivity contribution in [2.45, 2.75) is 4.90 Å². The van der Waals surface area contributed by atoms with E-state index in [1.807, 2.05) is 30.3 Å². The van der Waals surface area contributed by atoms with Crippen LogP contribution in [0.1, 0.15) is 0 Å². The highest BCUT2D eigenvalue weighted by Crippen LogP contribution is 2.19. The van der Waals surface area contributed by atoms with Crippen LogP contribution in [0.4, 0.5) is 10.1 Å². The van der Waals surface area contributed by atoms with E-state index in [1.165, 1.54) is 22.5 Å². The minimum atomic E-state index is -3.88. The van der Waals surface area contributed by atoms with Gasteiger partial charge in [-0.2, -0.15) is 4.31 Å². The Morgan fingerprint density at radius 1 is 1.10 bits per heavy atom. The maximum Gasteiger partial charge on any atom is 0.282 e. The predicted octanol–water partition coefficient (Wildman–Crippen LogP) is 0.934. The molecule has 1 aliphatic rings. The molecule has 1 N–H and O–H groups in total. The number of piperazine rings is 1. The van der Waals surface area contributed by atoms with Crippen LogP contribution in [-0.4, -0.2) is 57.9 Å². The molecule has 3 rings (SSSR count). The van der Waals surface area contributed by atoms with Gasteiger partial charge in [0, 0.05) is 12.2 Å². The number of carbonyl (C=O) groups is 1. The van der Waals surface area contributed by atoms with Crippen molar-refractivity contribution in [3.63, 3.8) is 0 Å². The zero-order valence-corrected chi connectivity index (χ0v) is 16.9. The largest absolute Gasteiger partial charge is 0.325 e. The molecule has 1 amide bonds. The minimum absolute atomic E-state index is 0.0449. The third-order valence-corrected chi connectivity index (χ3v) is 6.90. The number of hydrogen-bond acceptors (Lipinski definition) is 3. The van der Waals surface area contributed by atoms with E-state index in [0.29, 0.717) is 19.6 Å². The maximum atomic E-state index is 13.9. The molecule has 0 saturated carbocycles. The van der Waals surface area contributed by atoms with Crippen LogP contribution in [0.5, 0.6) is 0 Å². The van der Waals surface area contributed by atoms with Crippen molar-refractivity contribution in [2.75, 3.05) is 44.2 Å². The van der Waals surface area contributed by atoms with Gasteiger partial charge in [0.05, 0.1) is 26.2 Å². The number of hydrogen-bond donors (Lipinski definition) is 1. The van der Waals surface area contributed by atoms with Gasteiger partial charge in [0.25, 0.3) is 5.91 Å². The molecular formula is C21H25FN3O3S+. The van der Waals surface area contributed by atoms with Crippen molar-refractivity contribution in [1.29, 1.82) is 0 Å². The molecule has 29 heavy (non-hydrogen) atoms. The molecule has 6 nitrogen and oxygen atoms in total. The van der Waals surface area contributed by atoms with Crippen molar-refractivity contribution in [3.05, 3.63) is 73.1 Å². The molecule has 0 spiro atoms. The first-order valence-electron chi connectivity index (χ1n) is 9.48. The van der Waals surface area contributed by atoms with E-state index in [4.69, 9.17) is 0 Å². The lowest BCUT2D eigenvalue weighted by Crippen LogP contribution is -3.15. The Morgan fingerprint density at radius 3 is 2.34 bits per heavy atom. The number of sulfonamides is 1. The first-order chi connectivity index (χ1) is 13.9. The maximum absolute atomic E-state index is 13.9. The van der Waals surface area contributed by atoms with Crippen LogP contribution in [0.2, 0.25) is 0 Å². The van der Waals surface area contributed by atoms with Gasteiger partial charge in [0.2, 0.25) is 10.0 Å². The molecule has 1 saturated heterocycles. The average Bonchev–Trinajstić information content (AvgIpc) is 2.73. The average molecular weight is 419 g/mol. The highest BCUT2D eigenvalue weighted by molar-refractivity contribution is 7.89. The van der Waals surface area contributed by atoms with Crippen LogP contribution < -0.4 is 9.80 Å². The topological polar surface area (TPSA) is 62.1 Å².